The fourth-order valence-corrected chi connectivity index (χ4v) is 1.22. The number of amides is 1. The van der Waals surface area contributed by atoms with Gasteiger partial charge < -0.3 is 5.73 Å². The van der Waals surface area contributed by atoms with E-state index in [0.29, 0.717) is 5.88 Å². The summed E-state index contributed by atoms with van der Waals surface area (Å²) >= 11 is 1.44. The van der Waals surface area contributed by atoms with Crippen LogP contribution in [-0.4, -0.2) is 21.9 Å². The van der Waals surface area contributed by atoms with E-state index in [2.05, 4.69) is 5.10 Å². The number of nitrogens with two attached hydrogens (primary N) is 1. The molecular weight excluding hydrogens is 190 g/mol. The first-order chi connectivity index (χ1) is 6.15. The molecule has 0 bridgehead atoms. The quantitative estimate of drug-likeness (QED) is 0.722. The largest absolute Gasteiger partial charge is 0.364 e. The first kappa shape index (κ1) is 9.79. The molecule has 1 heterocycles. The van der Waals surface area contributed by atoms with E-state index in [-0.39, 0.29) is 11.3 Å². The van der Waals surface area contributed by atoms with Crippen LogP contribution < -0.4 is 11.3 Å². The monoisotopic (exact) mass is 199 g/mol. The molecule has 0 aliphatic rings. The summed E-state index contributed by atoms with van der Waals surface area (Å²) in [6.07, 6.45) is 1.84. The molecular formula is C7H9N3O2S. The molecule has 13 heavy (non-hydrogen) atoms. The zero-order valence-corrected chi connectivity index (χ0v) is 7.87. The summed E-state index contributed by atoms with van der Waals surface area (Å²) in [5, 5.41) is 3.77. The Labute approximate surface area is 78.9 Å². The number of primary amides is 1. The van der Waals surface area contributed by atoms with Crippen molar-refractivity contribution in [3.05, 3.63) is 28.2 Å². The van der Waals surface area contributed by atoms with Crippen molar-refractivity contribution in [2.24, 2.45) is 5.73 Å². The van der Waals surface area contributed by atoms with E-state index in [1.165, 1.54) is 28.6 Å². The molecule has 0 aliphatic heterocycles. The summed E-state index contributed by atoms with van der Waals surface area (Å²) in [6.45, 7) is 0. The van der Waals surface area contributed by atoms with Crippen LogP contribution >= 0.6 is 11.8 Å². The van der Waals surface area contributed by atoms with Gasteiger partial charge in [-0.1, -0.05) is 0 Å². The zero-order valence-electron chi connectivity index (χ0n) is 7.06. The molecule has 5 nitrogen and oxygen atoms in total. The van der Waals surface area contributed by atoms with E-state index in [1.807, 2.05) is 6.26 Å². The van der Waals surface area contributed by atoms with Gasteiger partial charge in [-0.2, -0.15) is 5.10 Å². The molecule has 2 N–H and O–H groups in total. The number of hydrogen-bond donors (Lipinski definition) is 1. The number of carbonyl (C=O) groups excluding carboxylic acids is 1. The first-order valence-corrected chi connectivity index (χ1v) is 4.91. The molecule has 0 saturated heterocycles. The van der Waals surface area contributed by atoms with Crippen LogP contribution in [0.2, 0.25) is 0 Å². The minimum atomic E-state index is -0.630. The van der Waals surface area contributed by atoms with Crippen LogP contribution in [0.3, 0.4) is 0 Å². The van der Waals surface area contributed by atoms with Crippen LogP contribution in [0.1, 0.15) is 10.5 Å². The van der Waals surface area contributed by atoms with Crippen molar-refractivity contribution in [3.8, 4) is 0 Å². The van der Waals surface area contributed by atoms with Gasteiger partial charge in [-0.15, -0.1) is 11.8 Å². The lowest BCUT2D eigenvalue weighted by Crippen LogP contribution is -2.25. The topological polar surface area (TPSA) is 78.0 Å². The van der Waals surface area contributed by atoms with Crippen molar-refractivity contribution in [3.63, 3.8) is 0 Å². The lowest BCUT2D eigenvalue weighted by molar-refractivity contribution is 0.0993. The first-order valence-electron chi connectivity index (χ1n) is 3.52. The van der Waals surface area contributed by atoms with E-state index >= 15 is 0 Å². The van der Waals surface area contributed by atoms with Gasteiger partial charge >= 0.3 is 0 Å². The van der Waals surface area contributed by atoms with Crippen LogP contribution in [0.15, 0.2) is 16.9 Å². The summed E-state index contributed by atoms with van der Waals surface area (Å²) in [4.78, 5) is 21.8. The molecule has 1 rings (SSSR count). The summed E-state index contributed by atoms with van der Waals surface area (Å²) < 4.78 is 1.20. The van der Waals surface area contributed by atoms with Gasteiger partial charge in [0.2, 0.25) is 0 Å². The molecule has 0 radical (unpaired) electrons. The molecule has 70 valence electrons. The van der Waals surface area contributed by atoms with Gasteiger partial charge in [0.15, 0.2) is 0 Å². The number of hydrogen-bond acceptors (Lipinski definition) is 4. The Hall–Kier alpha value is -1.30. The third-order valence-electron chi connectivity index (χ3n) is 1.37. The van der Waals surface area contributed by atoms with E-state index in [0.717, 1.165) is 0 Å². The SMILES string of the molecule is CSCn1nc(C(N)=O)ccc1=O. The van der Waals surface area contributed by atoms with Gasteiger partial charge in [-0.3, -0.25) is 9.59 Å². The highest BCUT2D eigenvalue weighted by atomic mass is 32.2. The highest BCUT2D eigenvalue weighted by molar-refractivity contribution is 7.97. The van der Waals surface area contributed by atoms with E-state index in [4.69, 9.17) is 5.73 Å². The average molecular weight is 199 g/mol. The molecule has 6 heteroatoms. The maximum atomic E-state index is 11.1. The zero-order chi connectivity index (χ0) is 9.84. The number of rotatable bonds is 3. The minimum Gasteiger partial charge on any atom is -0.364 e. The van der Waals surface area contributed by atoms with E-state index in [9.17, 15) is 9.59 Å². The Morgan fingerprint density at radius 2 is 2.38 bits per heavy atom. The molecule has 0 aliphatic carbocycles. The summed E-state index contributed by atoms with van der Waals surface area (Å²) in [6, 6.07) is 2.60. The van der Waals surface area contributed by atoms with Crippen LogP contribution in [0.25, 0.3) is 0 Å². The van der Waals surface area contributed by atoms with Crippen LogP contribution in [0.4, 0.5) is 0 Å². The van der Waals surface area contributed by atoms with Crippen molar-refractivity contribution in [1.29, 1.82) is 0 Å². The van der Waals surface area contributed by atoms with Gasteiger partial charge in [0.25, 0.3) is 11.5 Å². The second-order valence-electron chi connectivity index (χ2n) is 2.34. The summed E-state index contributed by atoms with van der Waals surface area (Å²) in [5.74, 6) is -0.213. The number of nitrogens with zero attached hydrogens (tertiary/aromatic N) is 2. The number of aromatic nitrogens is 2. The molecule has 1 amide bonds. The summed E-state index contributed by atoms with van der Waals surface area (Å²) in [7, 11) is 0. The minimum absolute atomic E-state index is 0.105. The standard InChI is InChI=1S/C7H9N3O2S/c1-13-4-10-6(11)3-2-5(9-10)7(8)12/h2-3H,4H2,1H3,(H2,8,12). The van der Waals surface area contributed by atoms with Crippen molar-refractivity contribution in [1.82, 2.24) is 9.78 Å². The molecule has 0 saturated carbocycles. The molecule has 0 atom stereocenters. The Balaban J connectivity index is 3.11. The average Bonchev–Trinajstić information content (AvgIpc) is 2.08. The van der Waals surface area contributed by atoms with Crippen LogP contribution in [0, 0.1) is 0 Å². The van der Waals surface area contributed by atoms with Crippen LogP contribution in [0.5, 0.6) is 0 Å². The highest BCUT2D eigenvalue weighted by Crippen LogP contribution is 1.95. The Morgan fingerprint density at radius 3 is 2.92 bits per heavy atom. The summed E-state index contributed by atoms with van der Waals surface area (Å²) in [5.41, 5.74) is 4.87. The van der Waals surface area contributed by atoms with E-state index < -0.39 is 5.91 Å². The fourth-order valence-electron chi connectivity index (χ4n) is 0.795. The lowest BCUT2D eigenvalue weighted by Gasteiger charge is -2.01. The second-order valence-corrected chi connectivity index (χ2v) is 3.17. The van der Waals surface area contributed by atoms with Crippen molar-refractivity contribution in [2.45, 2.75) is 5.88 Å². The molecule has 0 aromatic carbocycles. The normalized spacial score (nSPS) is 9.92. The smallest absolute Gasteiger partial charge is 0.269 e. The molecule has 0 unspecified atom stereocenters. The van der Waals surface area contributed by atoms with Crippen molar-refractivity contribution >= 4 is 17.7 Å². The Kier molecular flexibility index (Phi) is 3.07. The predicted molar refractivity (Wildman–Crippen MR) is 50.5 cm³/mol. The molecule has 0 spiro atoms. The van der Waals surface area contributed by atoms with Gasteiger partial charge in [0, 0.05) is 6.07 Å². The van der Waals surface area contributed by atoms with Gasteiger partial charge in [0.05, 0.1) is 5.88 Å². The van der Waals surface area contributed by atoms with Crippen molar-refractivity contribution < 1.29 is 4.79 Å². The lowest BCUT2D eigenvalue weighted by atomic mass is 10.4. The molecule has 1 aromatic rings. The van der Waals surface area contributed by atoms with Gasteiger partial charge in [-0.25, -0.2) is 4.68 Å². The third kappa shape index (κ3) is 2.32. The van der Waals surface area contributed by atoms with Crippen LogP contribution in [-0.2, 0) is 5.88 Å². The maximum absolute atomic E-state index is 11.1. The number of carbonyl (C=O) groups is 1. The van der Waals surface area contributed by atoms with E-state index in [1.54, 1.807) is 0 Å². The maximum Gasteiger partial charge on any atom is 0.269 e. The fraction of sp³-hybridized carbons (Fsp3) is 0.286. The van der Waals surface area contributed by atoms with Gasteiger partial charge in [0.1, 0.15) is 5.69 Å². The molecule has 0 fully saturated rings. The predicted octanol–water partition coefficient (Wildman–Crippen LogP) is -0.337. The van der Waals surface area contributed by atoms with Gasteiger partial charge in [-0.05, 0) is 12.3 Å². The third-order valence-corrected chi connectivity index (χ3v) is 1.87. The molecule has 1 aromatic heterocycles. The highest BCUT2D eigenvalue weighted by Gasteiger charge is 2.04. The van der Waals surface area contributed by atoms with Crippen molar-refractivity contribution in [2.75, 3.05) is 6.26 Å². The second kappa shape index (κ2) is 4.08. The number of thioether (sulfide) groups is 1. The Morgan fingerprint density at radius 1 is 1.69 bits per heavy atom. The Bertz CT molecular complexity index is 374.